The number of amides is 3. The zero-order valence-corrected chi connectivity index (χ0v) is 41.7. The van der Waals surface area contributed by atoms with Gasteiger partial charge in [-0.05, 0) is 82.5 Å². The molecule has 382 valence electrons. The molecule has 12 nitrogen and oxygen atoms in total. The van der Waals surface area contributed by atoms with E-state index in [1.54, 1.807) is 9.80 Å². The number of rotatable bonds is 16. The number of hydrogen-bond donors (Lipinski definition) is 1. The molecule has 6 rings (SSSR count). The Kier molecular flexibility index (Phi) is 17.0. The highest BCUT2D eigenvalue weighted by Gasteiger charge is 2.57. The highest BCUT2D eigenvalue weighted by molar-refractivity contribution is 8.14. The van der Waals surface area contributed by atoms with Crippen LogP contribution in [0.1, 0.15) is 92.9 Å². The number of nitrogens with one attached hydrogen (secondary N) is 1. The number of thioether (sulfide) groups is 2. The predicted molar refractivity (Wildman–Crippen MR) is 248 cm³/mol. The van der Waals surface area contributed by atoms with Crippen LogP contribution in [0.2, 0.25) is 0 Å². The van der Waals surface area contributed by atoms with Crippen molar-refractivity contribution in [1.29, 1.82) is 5.26 Å². The Morgan fingerprint density at radius 3 is 1.97 bits per heavy atom. The van der Waals surface area contributed by atoms with E-state index in [1.807, 2.05) is 30.3 Å². The van der Waals surface area contributed by atoms with Gasteiger partial charge >= 0.3 is 25.6 Å². The topological polar surface area (TPSA) is 163 Å². The van der Waals surface area contributed by atoms with Crippen molar-refractivity contribution in [3.05, 3.63) is 70.6 Å². The molecule has 2 aromatic carbocycles. The first-order valence-corrected chi connectivity index (χ1v) is 26.6. The third-order valence-electron chi connectivity index (χ3n) is 13.0. The molecular weight excluding hydrogens is 1020 g/mol. The fraction of sp³-hybridized carbons (Fsp3) is 0.565. The lowest BCUT2D eigenvalue weighted by atomic mass is 9.90. The molecule has 0 spiro atoms. The number of fused-ring (bicyclic) bond motifs is 2. The van der Waals surface area contributed by atoms with E-state index in [0.29, 0.717) is 64.6 Å². The van der Waals surface area contributed by atoms with E-state index in [4.69, 9.17) is 9.05 Å². The first kappa shape index (κ1) is 55.2. The molecule has 3 aliphatic rings. The molecule has 0 saturated carbocycles. The van der Waals surface area contributed by atoms with E-state index >= 15 is 8.78 Å². The van der Waals surface area contributed by atoms with E-state index in [-0.39, 0.29) is 64.6 Å². The van der Waals surface area contributed by atoms with Crippen LogP contribution in [-0.2, 0) is 38.5 Å². The van der Waals surface area contributed by atoms with Crippen LogP contribution in [0.5, 0.6) is 0 Å². The molecule has 3 aliphatic heterocycles. The van der Waals surface area contributed by atoms with Gasteiger partial charge in [-0.1, -0.05) is 72.8 Å². The van der Waals surface area contributed by atoms with Crippen molar-refractivity contribution in [3.63, 3.8) is 0 Å². The van der Waals surface area contributed by atoms with E-state index in [2.05, 4.69) is 11.4 Å². The summed E-state index contributed by atoms with van der Waals surface area (Å²) in [6.45, 7) is 0.968. The molecule has 3 aromatic rings. The summed E-state index contributed by atoms with van der Waals surface area (Å²) >= 11 is 1.05. The summed E-state index contributed by atoms with van der Waals surface area (Å²) in [4.78, 5) is 70.3. The molecular formula is C46H51F8N4O8PS3. The number of benzene rings is 2. The average Bonchev–Trinajstić information content (AvgIpc) is 4.05. The largest absolute Gasteiger partial charge is 0.404 e. The SMILES string of the molecule is CC(C)(C(=O)SCCOP(=O)(OCCSC(=O)C(C)(C)C(F)(F)F)C(F)(F)c1ccc2sc(C(=O)N[C@H]3CCCC[C@H]4CC[C@@H](C(=O)N5C[C@H](c6ccccc6)[C@@H](C#N)C5)N4C3=O)cc2c1)C(F)(F)F. The van der Waals surface area contributed by atoms with Gasteiger partial charge in [0, 0.05) is 46.8 Å². The second-order valence-corrected chi connectivity index (χ2v) is 23.7. The first-order chi connectivity index (χ1) is 32.6. The maximum absolute atomic E-state index is 16.5. The Morgan fingerprint density at radius 2 is 1.40 bits per heavy atom. The van der Waals surface area contributed by atoms with E-state index in [1.165, 1.54) is 12.1 Å². The maximum atomic E-state index is 16.5. The number of carbonyl (C=O) groups excluding carboxylic acids is 5. The zero-order valence-electron chi connectivity index (χ0n) is 38.4. The summed E-state index contributed by atoms with van der Waals surface area (Å²) in [5.74, 6) is -3.45. The number of nitriles is 1. The summed E-state index contributed by atoms with van der Waals surface area (Å²) in [5, 5.41) is 10.0. The second-order valence-electron chi connectivity index (χ2n) is 18.4. The molecule has 3 fully saturated rings. The fourth-order valence-corrected chi connectivity index (χ4v) is 12.7. The number of likely N-dealkylation sites (tertiary alicyclic amines) is 1. The minimum Gasteiger partial charge on any atom is -0.340 e. The lowest BCUT2D eigenvalue weighted by molar-refractivity contribution is -0.206. The minimum absolute atomic E-state index is 0.00474. The van der Waals surface area contributed by atoms with Crippen molar-refractivity contribution in [1.82, 2.24) is 15.1 Å². The zero-order chi connectivity index (χ0) is 51.6. The molecule has 0 radical (unpaired) electrons. The maximum Gasteiger partial charge on any atom is 0.404 e. The normalized spacial score (nSPS) is 21.8. The van der Waals surface area contributed by atoms with Crippen molar-refractivity contribution in [2.45, 2.75) is 108 Å². The van der Waals surface area contributed by atoms with Gasteiger partial charge in [-0.15, -0.1) is 11.3 Å². The van der Waals surface area contributed by atoms with Crippen LogP contribution in [0.3, 0.4) is 0 Å². The van der Waals surface area contributed by atoms with Gasteiger partial charge in [0.1, 0.15) is 22.9 Å². The van der Waals surface area contributed by atoms with Crippen LogP contribution < -0.4 is 5.32 Å². The van der Waals surface area contributed by atoms with E-state index in [0.717, 1.165) is 35.5 Å². The van der Waals surface area contributed by atoms with Crippen LogP contribution in [0.4, 0.5) is 35.1 Å². The molecule has 70 heavy (non-hydrogen) atoms. The summed E-state index contributed by atoms with van der Waals surface area (Å²) in [5.41, 5.74) is -10.3. The van der Waals surface area contributed by atoms with Crippen LogP contribution in [-0.4, -0.2) is 106 Å². The lowest BCUT2D eigenvalue weighted by Crippen LogP contribution is -2.56. The van der Waals surface area contributed by atoms with E-state index < -0.39 is 107 Å². The first-order valence-electron chi connectivity index (χ1n) is 22.3. The molecule has 24 heteroatoms. The highest BCUT2D eigenvalue weighted by Crippen LogP contribution is 2.67. The molecule has 0 aliphatic carbocycles. The number of nitrogens with zero attached hydrogens (tertiary/aromatic N) is 3. The molecule has 1 N–H and O–H groups in total. The average molecular weight is 1070 g/mol. The number of halogens is 8. The molecule has 0 unspecified atom stereocenters. The van der Waals surface area contributed by atoms with Crippen LogP contribution >= 0.6 is 42.5 Å². The Bertz CT molecular complexity index is 2490. The van der Waals surface area contributed by atoms with E-state index in [9.17, 15) is 60.1 Å². The number of hydrogen-bond acceptors (Lipinski definition) is 12. The molecule has 3 amide bonds. The van der Waals surface area contributed by atoms with Gasteiger partial charge in [0.2, 0.25) is 22.0 Å². The van der Waals surface area contributed by atoms with Crippen molar-refractivity contribution in [2.75, 3.05) is 37.8 Å². The highest BCUT2D eigenvalue weighted by atomic mass is 32.2. The molecule has 1 aromatic heterocycles. The van der Waals surface area contributed by atoms with Gasteiger partial charge in [-0.2, -0.15) is 40.4 Å². The molecule has 4 heterocycles. The van der Waals surface area contributed by atoms with Crippen molar-refractivity contribution < 1.29 is 72.7 Å². The third-order valence-corrected chi connectivity index (χ3v) is 18.4. The number of alkyl halides is 8. The Morgan fingerprint density at radius 1 is 0.814 bits per heavy atom. The van der Waals surface area contributed by atoms with Crippen molar-refractivity contribution >= 4 is 80.5 Å². The third kappa shape index (κ3) is 11.6. The lowest BCUT2D eigenvalue weighted by Gasteiger charge is -2.36. The predicted octanol–water partition coefficient (Wildman–Crippen LogP) is 10.7. The van der Waals surface area contributed by atoms with Crippen molar-refractivity contribution in [3.8, 4) is 6.07 Å². The Hall–Kier alpha value is -4.07. The monoisotopic (exact) mass is 1070 g/mol. The minimum atomic E-state index is -5.78. The second kappa shape index (κ2) is 21.6. The summed E-state index contributed by atoms with van der Waals surface area (Å²) in [6.07, 6.45) is -6.72. The summed E-state index contributed by atoms with van der Waals surface area (Å²) in [7, 11) is -5.78. The smallest absolute Gasteiger partial charge is 0.340 e. The van der Waals surface area contributed by atoms with Gasteiger partial charge < -0.3 is 24.2 Å². The van der Waals surface area contributed by atoms with Crippen molar-refractivity contribution in [2.24, 2.45) is 16.7 Å². The Labute approximate surface area is 411 Å². The van der Waals surface area contributed by atoms with Crippen LogP contribution in [0.25, 0.3) is 10.1 Å². The van der Waals surface area contributed by atoms with Gasteiger partial charge in [-0.25, -0.2) is 0 Å². The van der Waals surface area contributed by atoms with Crippen LogP contribution in [0.15, 0.2) is 54.6 Å². The van der Waals surface area contributed by atoms with Gasteiger partial charge in [-0.3, -0.25) is 28.5 Å². The number of carbonyl (C=O) groups is 5. The van der Waals surface area contributed by atoms with Crippen LogP contribution in [0, 0.1) is 28.1 Å². The molecule has 0 bridgehead atoms. The Balaban J connectivity index is 1.17. The molecule has 5 atom stereocenters. The molecule has 3 saturated heterocycles. The quantitative estimate of drug-likeness (QED) is 0.0825. The summed E-state index contributed by atoms with van der Waals surface area (Å²) < 4.78 is 138. The van der Waals surface area contributed by atoms with Gasteiger partial charge in [0.15, 0.2) is 0 Å². The summed E-state index contributed by atoms with van der Waals surface area (Å²) in [6, 6.07) is 13.9. The fourth-order valence-electron chi connectivity index (χ4n) is 8.38. The van der Waals surface area contributed by atoms with Gasteiger partial charge in [0.05, 0.1) is 30.1 Å². The number of thiophene rings is 1. The standard InChI is InChI=1S/C46H51F8N4O8PS3/c1-42(2,45(49,50)51)40(62)68-20-18-65-67(64,66-19-21-69-41(63)43(3,4)46(52,53)54)44(47,48)30-14-17-35-28(22-30)23-36(70-35)37(59)56-33-13-9-8-12-31-15-16-34(58(31)38(33)60)39(61)57-25-29(24-55)32(26-57)27-10-6-5-7-11-27/h5-7,10-11,14,17,22-23,29,31-34H,8-9,12-13,15-16,18-21,25-26H2,1-4H3,(H,56,59)/t29-,31-,32+,33-,34-/m0/s1. The van der Waals surface area contributed by atoms with Gasteiger partial charge in [0.25, 0.3) is 5.91 Å².